The van der Waals surface area contributed by atoms with E-state index in [1.54, 1.807) is 0 Å². The molecule has 0 radical (unpaired) electrons. The third-order valence-electron chi connectivity index (χ3n) is 4.38. The second kappa shape index (κ2) is 9.25. The topological polar surface area (TPSA) is 57.1 Å². The smallest absolute Gasteiger partial charge is 0.194 e. The normalized spacial score (nSPS) is 17.4. The molecule has 1 saturated heterocycles. The Hall–Kier alpha value is -2.53. The number of nitrogens with zero attached hydrogens (tertiary/aromatic N) is 2. The van der Waals surface area contributed by atoms with Gasteiger partial charge in [0, 0.05) is 19.6 Å². The van der Waals surface area contributed by atoms with Gasteiger partial charge in [-0.3, -0.25) is 0 Å². The SMILES string of the molecule is CCNC(=NCc1ccc(COc2ccccc2)cc1)N1CC[C@@H](O)C1. The minimum Gasteiger partial charge on any atom is -0.489 e. The first-order valence-corrected chi connectivity index (χ1v) is 9.21. The highest BCUT2D eigenvalue weighted by atomic mass is 16.5. The van der Waals surface area contributed by atoms with Crippen LogP contribution in [-0.2, 0) is 13.2 Å². The molecule has 1 atom stereocenters. The molecule has 0 bridgehead atoms. The fourth-order valence-corrected chi connectivity index (χ4v) is 2.95. The third kappa shape index (κ3) is 5.23. The van der Waals surface area contributed by atoms with Crippen molar-refractivity contribution in [3.63, 3.8) is 0 Å². The zero-order valence-corrected chi connectivity index (χ0v) is 15.3. The third-order valence-corrected chi connectivity index (χ3v) is 4.38. The van der Waals surface area contributed by atoms with Crippen LogP contribution in [0.2, 0.25) is 0 Å². The maximum absolute atomic E-state index is 9.73. The predicted octanol–water partition coefficient (Wildman–Crippen LogP) is 2.80. The molecule has 3 rings (SSSR count). The monoisotopic (exact) mass is 353 g/mol. The summed E-state index contributed by atoms with van der Waals surface area (Å²) in [4.78, 5) is 6.83. The Morgan fingerprint density at radius 1 is 1.15 bits per heavy atom. The van der Waals surface area contributed by atoms with E-state index >= 15 is 0 Å². The molecule has 2 aromatic rings. The van der Waals surface area contributed by atoms with Gasteiger partial charge in [-0.1, -0.05) is 42.5 Å². The van der Waals surface area contributed by atoms with E-state index in [9.17, 15) is 5.11 Å². The lowest BCUT2D eigenvalue weighted by molar-refractivity contribution is 0.188. The molecule has 1 aliphatic rings. The first kappa shape index (κ1) is 18.3. The molecule has 0 amide bonds. The van der Waals surface area contributed by atoms with Gasteiger partial charge in [0.1, 0.15) is 12.4 Å². The van der Waals surface area contributed by atoms with Gasteiger partial charge < -0.3 is 20.1 Å². The van der Waals surface area contributed by atoms with Crippen LogP contribution in [0.3, 0.4) is 0 Å². The van der Waals surface area contributed by atoms with E-state index < -0.39 is 0 Å². The van der Waals surface area contributed by atoms with Gasteiger partial charge in [-0.05, 0) is 36.6 Å². The van der Waals surface area contributed by atoms with Crippen LogP contribution in [0.5, 0.6) is 5.75 Å². The molecule has 2 N–H and O–H groups in total. The van der Waals surface area contributed by atoms with Crippen LogP contribution in [0.25, 0.3) is 0 Å². The number of benzene rings is 2. The lowest BCUT2D eigenvalue weighted by atomic mass is 10.1. The molecule has 0 aliphatic carbocycles. The minimum atomic E-state index is -0.247. The van der Waals surface area contributed by atoms with E-state index in [0.717, 1.165) is 42.3 Å². The number of aliphatic hydroxyl groups is 1. The van der Waals surface area contributed by atoms with E-state index in [1.807, 2.05) is 30.3 Å². The second-order valence-electron chi connectivity index (χ2n) is 6.48. The summed E-state index contributed by atoms with van der Waals surface area (Å²) in [5.41, 5.74) is 2.29. The average Bonchev–Trinajstić information content (AvgIpc) is 3.11. The second-order valence-corrected chi connectivity index (χ2v) is 6.48. The van der Waals surface area contributed by atoms with Crippen molar-refractivity contribution in [1.29, 1.82) is 0 Å². The van der Waals surface area contributed by atoms with Gasteiger partial charge in [0.15, 0.2) is 5.96 Å². The largest absolute Gasteiger partial charge is 0.489 e. The summed E-state index contributed by atoms with van der Waals surface area (Å²) >= 11 is 0. The zero-order valence-electron chi connectivity index (χ0n) is 15.3. The molecule has 0 aromatic heterocycles. The van der Waals surface area contributed by atoms with E-state index in [0.29, 0.717) is 19.7 Å². The Morgan fingerprint density at radius 3 is 2.54 bits per heavy atom. The molecule has 2 aromatic carbocycles. The van der Waals surface area contributed by atoms with Crippen molar-refractivity contribution >= 4 is 5.96 Å². The Bertz CT molecular complexity index is 701. The lowest BCUT2D eigenvalue weighted by Gasteiger charge is -2.20. The molecule has 0 saturated carbocycles. The first-order valence-electron chi connectivity index (χ1n) is 9.21. The molecule has 26 heavy (non-hydrogen) atoms. The predicted molar refractivity (Wildman–Crippen MR) is 104 cm³/mol. The number of hydrogen-bond acceptors (Lipinski definition) is 3. The maximum Gasteiger partial charge on any atom is 0.194 e. The Kier molecular flexibility index (Phi) is 6.50. The van der Waals surface area contributed by atoms with Gasteiger partial charge in [-0.25, -0.2) is 4.99 Å². The number of nitrogens with one attached hydrogen (secondary N) is 1. The number of ether oxygens (including phenoxy) is 1. The molecular weight excluding hydrogens is 326 g/mol. The maximum atomic E-state index is 9.73. The van der Waals surface area contributed by atoms with Crippen molar-refractivity contribution in [2.45, 2.75) is 32.6 Å². The standard InChI is InChI=1S/C21H27N3O2/c1-2-22-21(24-13-12-19(25)15-24)23-14-17-8-10-18(11-9-17)16-26-20-6-4-3-5-7-20/h3-11,19,25H,2,12-16H2,1H3,(H,22,23)/t19-/m1/s1. The summed E-state index contributed by atoms with van der Waals surface area (Å²) in [6.45, 7) is 5.56. The molecule has 1 aliphatic heterocycles. The molecule has 1 fully saturated rings. The van der Waals surface area contributed by atoms with Crippen molar-refractivity contribution in [3.8, 4) is 5.75 Å². The number of aliphatic hydroxyl groups excluding tert-OH is 1. The highest BCUT2D eigenvalue weighted by Gasteiger charge is 2.22. The Morgan fingerprint density at radius 2 is 1.88 bits per heavy atom. The number of hydrogen-bond donors (Lipinski definition) is 2. The minimum absolute atomic E-state index is 0.247. The molecule has 5 nitrogen and oxygen atoms in total. The number of rotatable bonds is 6. The van der Waals surface area contributed by atoms with Gasteiger partial charge in [0.25, 0.3) is 0 Å². The van der Waals surface area contributed by atoms with E-state index in [1.165, 1.54) is 0 Å². The van der Waals surface area contributed by atoms with Crippen LogP contribution in [-0.4, -0.2) is 41.7 Å². The van der Waals surface area contributed by atoms with E-state index in [-0.39, 0.29) is 6.10 Å². The number of guanidine groups is 1. The van der Waals surface area contributed by atoms with Crippen molar-refractivity contribution in [1.82, 2.24) is 10.2 Å². The Balaban J connectivity index is 1.55. The molecular formula is C21H27N3O2. The summed E-state index contributed by atoms with van der Waals surface area (Å²) in [7, 11) is 0. The van der Waals surface area contributed by atoms with Crippen LogP contribution in [0, 0.1) is 0 Å². The molecule has 5 heteroatoms. The van der Waals surface area contributed by atoms with Gasteiger partial charge in [-0.2, -0.15) is 0 Å². The van der Waals surface area contributed by atoms with Crippen molar-refractivity contribution in [3.05, 3.63) is 65.7 Å². The number of aliphatic imine (C=N–C) groups is 1. The van der Waals surface area contributed by atoms with E-state index in [4.69, 9.17) is 9.73 Å². The van der Waals surface area contributed by atoms with Crippen LogP contribution >= 0.6 is 0 Å². The summed E-state index contributed by atoms with van der Waals surface area (Å²) in [5, 5.41) is 13.0. The fraction of sp³-hybridized carbons (Fsp3) is 0.381. The molecule has 1 heterocycles. The quantitative estimate of drug-likeness (QED) is 0.619. The van der Waals surface area contributed by atoms with Crippen molar-refractivity contribution in [2.24, 2.45) is 4.99 Å². The van der Waals surface area contributed by atoms with Crippen molar-refractivity contribution in [2.75, 3.05) is 19.6 Å². The van der Waals surface area contributed by atoms with Gasteiger partial charge in [0.05, 0.1) is 12.6 Å². The Labute approximate surface area is 155 Å². The summed E-state index contributed by atoms with van der Waals surface area (Å²) < 4.78 is 5.77. The summed E-state index contributed by atoms with van der Waals surface area (Å²) in [6, 6.07) is 18.2. The van der Waals surface area contributed by atoms with Crippen LogP contribution < -0.4 is 10.1 Å². The number of β-amino-alcohol motifs (C(OH)–C–C–N with tert-alkyl or cyclic N) is 1. The number of likely N-dealkylation sites (tertiary alicyclic amines) is 1. The summed E-state index contributed by atoms with van der Waals surface area (Å²) in [5.74, 6) is 1.75. The number of para-hydroxylation sites is 1. The first-order chi connectivity index (χ1) is 12.7. The van der Waals surface area contributed by atoms with Gasteiger partial charge in [-0.15, -0.1) is 0 Å². The molecule has 0 spiro atoms. The lowest BCUT2D eigenvalue weighted by Crippen LogP contribution is -2.40. The van der Waals surface area contributed by atoms with Crippen LogP contribution in [0.1, 0.15) is 24.5 Å². The summed E-state index contributed by atoms with van der Waals surface area (Å²) in [6.07, 6.45) is 0.559. The fourth-order valence-electron chi connectivity index (χ4n) is 2.95. The van der Waals surface area contributed by atoms with Crippen LogP contribution in [0.4, 0.5) is 0 Å². The van der Waals surface area contributed by atoms with E-state index in [2.05, 4.69) is 41.4 Å². The average molecular weight is 353 g/mol. The molecule has 0 unspecified atom stereocenters. The van der Waals surface area contributed by atoms with Crippen LogP contribution in [0.15, 0.2) is 59.6 Å². The van der Waals surface area contributed by atoms with Gasteiger partial charge >= 0.3 is 0 Å². The van der Waals surface area contributed by atoms with Crippen molar-refractivity contribution < 1.29 is 9.84 Å². The zero-order chi connectivity index (χ0) is 18.2. The molecule has 138 valence electrons. The highest BCUT2D eigenvalue weighted by Crippen LogP contribution is 2.13. The highest BCUT2D eigenvalue weighted by molar-refractivity contribution is 5.80. The van der Waals surface area contributed by atoms with Gasteiger partial charge in [0.2, 0.25) is 0 Å².